The van der Waals surface area contributed by atoms with Gasteiger partial charge in [-0.1, -0.05) is 44.7 Å². The quantitative estimate of drug-likeness (QED) is 0.624. The Morgan fingerprint density at radius 3 is 2.74 bits per heavy atom. The van der Waals surface area contributed by atoms with Crippen molar-refractivity contribution in [1.29, 1.82) is 0 Å². The summed E-state index contributed by atoms with van der Waals surface area (Å²) in [7, 11) is 0. The van der Waals surface area contributed by atoms with Crippen molar-refractivity contribution in [2.45, 2.75) is 45.6 Å². The number of nitrogens with one attached hydrogen (secondary N) is 1. The molecule has 4 heteroatoms. The molecule has 0 saturated heterocycles. The monoisotopic (exact) mass is 315 g/mol. The van der Waals surface area contributed by atoms with E-state index in [0.29, 0.717) is 12.3 Å². The fourth-order valence-electron chi connectivity index (χ4n) is 2.50. The molecule has 0 aliphatic rings. The number of hydrogen-bond acceptors (Lipinski definition) is 3. The zero-order chi connectivity index (χ0) is 16.5. The molecule has 0 fully saturated rings. The van der Waals surface area contributed by atoms with E-state index in [2.05, 4.69) is 12.2 Å². The second-order valence-electron chi connectivity index (χ2n) is 5.74. The minimum Gasteiger partial charge on any atom is -0.478 e. The SMILES string of the molecule is CCCCCCCNCc1ccc(-c2cccc(C(=O)O)c2)o1. The van der Waals surface area contributed by atoms with Crippen molar-refractivity contribution in [3.8, 4) is 11.3 Å². The molecule has 1 aromatic heterocycles. The molecule has 0 amide bonds. The van der Waals surface area contributed by atoms with Crippen LogP contribution in [0, 0.1) is 0 Å². The molecule has 0 spiro atoms. The highest BCUT2D eigenvalue weighted by Gasteiger charge is 2.08. The molecule has 4 nitrogen and oxygen atoms in total. The normalized spacial score (nSPS) is 10.8. The summed E-state index contributed by atoms with van der Waals surface area (Å²) in [6.45, 7) is 3.92. The van der Waals surface area contributed by atoms with Gasteiger partial charge in [-0.15, -0.1) is 0 Å². The van der Waals surface area contributed by atoms with Gasteiger partial charge >= 0.3 is 5.97 Å². The van der Waals surface area contributed by atoms with Crippen LogP contribution >= 0.6 is 0 Å². The van der Waals surface area contributed by atoms with Crippen LogP contribution in [0.25, 0.3) is 11.3 Å². The molecule has 23 heavy (non-hydrogen) atoms. The first kappa shape index (κ1) is 17.3. The number of benzene rings is 1. The largest absolute Gasteiger partial charge is 0.478 e. The summed E-state index contributed by atoms with van der Waals surface area (Å²) >= 11 is 0. The Labute approximate surface area is 137 Å². The van der Waals surface area contributed by atoms with E-state index < -0.39 is 5.97 Å². The Hall–Kier alpha value is -2.07. The maximum absolute atomic E-state index is 11.0. The minimum atomic E-state index is -0.927. The van der Waals surface area contributed by atoms with E-state index in [1.54, 1.807) is 18.2 Å². The Kier molecular flexibility index (Phi) is 6.88. The smallest absolute Gasteiger partial charge is 0.335 e. The van der Waals surface area contributed by atoms with Crippen molar-refractivity contribution in [1.82, 2.24) is 5.32 Å². The standard InChI is InChI=1S/C19H25NO3/c1-2-3-4-5-6-12-20-14-17-10-11-18(23-17)15-8-7-9-16(13-15)19(21)22/h7-11,13,20H,2-6,12,14H2,1H3,(H,21,22). The maximum atomic E-state index is 11.0. The molecular formula is C19H25NO3. The van der Waals surface area contributed by atoms with E-state index in [-0.39, 0.29) is 5.56 Å². The second kappa shape index (κ2) is 9.16. The third-order valence-electron chi connectivity index (χ3n) is 3.81. The van der Waals surface area contributed by atoms with Crippen LogP contribution in [-0.2, 0) is 6.54 Å². The average molecular weight is 315 g/mol. The van der Waals surface area contributed by atoms with Crippen LogP contribution in [-0.4, -0.2) is 17.6 Å². The summed E-state index contributed by atoms with van der Waals surface area (Å²) in [5, 5.41) is 12.4. The third-order valence-corrected chi connectivity index (χ3v) is 3.81. The third kappa shape index (κ3) is 5.57. The van der Waals surface area contributed by atoms with Gasteiger partial charge in [-0.25, -0.2) is 4.79 Å². The van der Waals surface area contributed by atoms with Crippen LogP contribution in [0.1, 0.15) is 55.1 Å². The fourth-order valence-corrected chi connectivity index (χ4v) is 2.50. The lowest BCUT2D eigenvalue weighted by molar-refractivity contribution is 0.0697. The van der Waals surface area contributed by atoms with Gasteiger partial charge in [0.05, 0.1) is 12.1 Å². The van der Waals surface area contributed by atoms with E-state index in [1.807, 2.05) is 18.2 Å². The summed E-state index contributed by atoms with van der Waals surface area (Å²) in [5.41, 5.74) is 1.06. The molecule has 0 radical (unpaired) electrons. The van der Waals surface area contributed by atoms with Crippen LogP contribution < -0.4 is 5.32 Å². The highest BCUT2D eigenvalue weighted by molar-refractivity contribution is 5.89. The summed E-state index contributed by atoms with van der Waals surface area (Å²) in [4.78, 5) is 11.0. The van der Waals surface area contributed by atoms with Gasteiger partial charge in [-0.05, 0) is 37.2 Å². The Balaban J connectivity index is 1.81. The van der Waals surface area contributed by atoms with Crippen LogP contribution in [0.2, 0.25) is 0 Å². The highest BCUT2D eigenvalue weighted by Crippen LogP contribution is 2.23. The second-order valence-corrected chi connectivity index (χ2v) is 5.74. The van der Waals surface area contributed by atoms with Crippen molar-refractivity contribution in [2.75, 3.05) is 6.54 Å². The van der Waals surface area contributed by atoms with E-state index in [0.717, 1.165) is 17.9 Å². The number of hydrogen-bond donors (Lipinski definition) is 2. The van der Waals surface area contributed by atoms with Crippen LogP contribution in [0.3, 0.4) is 0 Å². The van der Waals surface area contributed by atoms with Crippen molar-refractivity contribution in [3.63, 3.8) is 0 Å². The van der Waals surface area contributed by atoms with E-state index in [4.69, 9.17) is 9.52 Å². The molecular weight excluding hydrogens is 290 g/mol. The van der Waals surface area contributed by atoms with Gasteiger partial charge in [-0.2, -0.15) is 0 Å². The van der Waals surface area contributed by atoms with Crippen molar-refractivity contribution in [2.24, 2.45) is 0 Å². The van der Waals surface area contributed by atoms with E-state index >= 15 is 0 Å². The fraction of sp³-hybridized carbons (Fsp3) is 0.421. The summed E-state index contributed by atoms with van der Waals surface area (Å²) in [6, 6.07) is 10.6. The zero-order valence-electron chi connectivity index (χ0n) is 13.7. The molecule has 0 aliphatic heterocycles. The van der Waals surface area contributed by atoms with Crippen LogP contribution in [0.4, 0.5) is 0 Å². The number of carboxylic acids is 1. The molecule has 2 rings (SSSR count). The molecule has 1 aromatic carbocycles. The molecule has 0 bridgehead atoms. The van der Waals surface area contributed by atoms with Gasteiger partial charge in [0.25, 0.3) is 0 Å². The summed E-state index contributed by atoms with van der Waals surface area (Å²) in [6.07, 6.45) is 6.35. The number of unbranched alkanes of at least 4 members (excludes halogenated alkanes) is 4. The van der Waals surface area contributed by atoms with Gasteiger partial charge in [0.2, 0.25) is 0 Å². The number of aromatic carboxylic acids is 1. The topological polar surface area (TPSA) is 62.5 Å². The molecule has 0 saturated carbocycles. The van der Waals surface area contributed by atoms with Gasteiger partial charge in [0.1, 0.15) is 11.5 Å². The number of carboxylic acid groups (broad SMARTS) is 1. The summed E-state index contributed by atoms with van der Waals surface area (Å²) < 4.78 is 5.79. The molecule has 2 N–H and O–H groups in total. The predicted molar refractivity (Wildman–Crippen MR) is 91.6 cm³/mol. The Bertz CT molecular complexity index is 619. The molecule has 1 heterocycles. The lowest BCUT2D eigenvalue weighted by Crippen LogP contribution is -2.14. The van der Waals surface area contributed by atoms with Gasteiger partial charge in [0.15, 0.2) is 0 Å². The first-order chi connectivity index (χ1) is 11.2. The van der Waals surface area contributed by atoms with Crippen LogP contribution in [0.15, 0.2) is 40.8 Å². The molecule has 0 aliphatic carbocycles. The number of rotatable bonds is 10. The molecule has 124 valence electrons. The number of furan rings is 1. The first-order valence-corrected chi connectivity index (χ1v) is 8.34. The maximum Gasteiger partial charge on any atom is 0.335 e. The average Bonchev–Trinajstić information content (AvgIpc) is 3.03. The lowest BCUT2D eigenvalue weighted by Gasteiger charge is -2.03. The van der Waals surface area contributed by atoms with Crippen molar-refractivity contribution < 1.29 is 14.3 Å². The Morgan fingerprint density at radius 1 is 1.13 bits per heavy atom. The molecule has 0 unspecified atom stereocenters. The van der Waals surface area contributed by atoms with Crippen molar-refractivity contribution >= 4 is 5.97 Å². The van der Waals surface area contributed by atoms with Gasteiger partial charge in [-0.3, -0.25) is 0 Å². The highest BCUT2D eigenvalue weighted by atomic mass is 16.4. The van der Waals surface area contributed by atoms with Gasteiger partial charge < -0.3 is 14.8 Å². The summed E-state index contributed by atoms with van der Waals surface area (Å²) in [5.74, 6) is 0.644. The van der Waals surface area contributed by atoms with Crippen LogP contribution in [0.5, 0.6) is 0 Å². The molecule has 0 atom stereocenters. The molecule has 2 aromatic rings. The van der Waals surface area contributed by atoms with Gasteiger partial charge in [0, 0.05) is 5.56 Å². The van der Waals surface area contributed by atoms with E-state index in [9.17, 15) is 4.79 Å². The van der Waals surface area contributed by atoms with Crippen molar-refractivity contribution in [3.05, 3.63) is 47.7 Å². The predicted octanol–water partition coefficient (Wildman–Crippen LogP) is 4.70. The lowest BCUT2D eigenvalue weighted by atomic mass is 10.1. The first-order valence-electron chi connectivity index (χ1n) is 8.34. The van der Waals surface area contributed by atoms with E-state index in [1.165, 1.54) is 32.1 Å². The Morgan fingerprint density at radius 2 is 1.96 bits per heavy atom. The number of carbonyl (C=O) groups is 1. The minimum absolute atomic E-state index is 0.269. The zero-order valence-corrected chi connectivity index (χ0v) is 13.7.